The van der Waals surface area contributed by atoms with Crippen LogP contribution in [0.15, 0.2) is 5.51 Å². The number of thiazole rings is 1. The molecule has 0 spiro atoms. The van der Waals surface area contributed by atoms with Gasteiger partial charge in [-0.25, -0.2) is 4.98 Å². The lowest BCUT2D eigenvalue weighted by molar-refractivity contribution is -0.209. The van der Waals surface area contributed by atoms with Crippen LogP contribution >= 0.6 is 11.3 Å². The van der Waals surface area contributed by atoms with Gasteiger partial charge in [-0.05, 0) is 26.6 Å². The molecule has 4 nitrogen and oxygen atoms in total. The van der Waals surface area contributed by atoms with E-state index in [-0.39, 0.29) is 6.61 Å². The van der Waals surface area contributed by atoms with Gasteiger partial charge >= 0.3 is 0 Å². The van der Waals surface area contributed by atoms with Crippen LogP contribution in [-0.2, 0) is 4.74 Å². The maximum atomic E-state index is 9.65. The molecule has 0 fully saturated rings. The molecule has 2 unspecified atom stereocenters. The average molecular weight is 241 g/mol. The van der Waals surface area contributed by atoms with Gasteiger partial charge in [-0.15, -0.1) is 11.3 Å². The number of aliphatic hydroxyl groups excluding tert-OH is 1. The van der Waals surface area contributed by atoms with Gasteiger partial charge in [-0.2, -0.15) is 0 Å². The normalized spacial score (nSPS) is 16.1. The van der Waals surface area contributed by atoms with Gasteiger partial charge in [0.05, 0.1) is 30.0 Å². The second kappa shape index (κ2) is 5.27. The Bertz CT molecular complexity index is 337. The fraction of sp³-hybridized carbons (Fsp3) is 0.700. The summed E-state index contributed by atoms with van der Waals surface area (Å²) < 4.78 is 5.46. The Morgan fingerprint density at radius 3 is 2.62 bits per heavy atom. The minimum atomic E-state index is -1.30. The zero-order valence-electron chi connectivity index (χ0n) is 9.67. The monoisotopic (exact) mass is 241 g/mol. The number of aliphatic hydroxyl groups is 2. The molecule has 0 amide bonds. The van der Waals surface area contributed by atoms with Crippen LogP contribution in [0.25, 0.3) is 0 Å². The molecule has 0 aliphatic heterocycles. The highest BCUT2D eigenvalue weighted by atomic mass is 32.1. The lowest BCUT2D eigenvalue weighted by Crippen LogP contribution is -2.29. The highest BCUT2D eigenvalue weighted by Crippen LogP contribution is 2.35. The molecular weight excluding hydrogens is 225 g/mol. The van der Waals surface area contributed by atoms with Gasteiger partial charge in [0.25, 0.3) is 0 Å². The molecular formula is C10H16BNO3S. The van der Waals surface area contributed by atoms with Crippen LogP contribution in [0.1, 0.15) is 30.5 Å². The average Bonchev–Trinajstić information content (AvgIpc) is 2.58. The summed E-state index contributed by atoms with van der Waals surface area (Å²) in [6, 6.07) is 0. The van der Waals surface area contributed by atoms with Crippen LogP contribution in [-0.4, -0.2) is 35.4 Å². The van der Waals surface area contributed by atoms with Crippen LogP contribution in [0.3, 0.4) is 0 Å². The Labute approximate surface area is 101 Å². The van der Waals surface area contributed by atoms with Gasteiger partial charge in [0, 0.05) is 6.61 Å². The first kappa shape index (κ1) is 13.6. The zero-order chi connectivity index (χ0) is 12.3. The maximum absolute atomic E-state index is 9.65. The van der Waals surface area contributed by atoms with Crippen molar-refractivity contribution in [2.45, 2.75) is 38.5 Å². The largest absolute Gasteiger partial charge is 0.397 e. The molecule has 0 saturated heterocycles. The lowest BCUT2D eigenvalue weighted by atomic mass is 9.82. The molecule has 88 valence electrons. The van der Waals surface area contributed by atoms with E-state index >= 15 is 0 Å². The van der Waals surface area contributed by atoms with E-state index in [0.717, 1.165) is 10.6 Å². The number of hydrogen-bond donors (Lipinski definition) is 2. The minimum Gasteiger partial charge on any atom is -0.397 e. The van der Waals surface area contributed by atoms with Crippen LogP contribution in [0, 0.1) is 6.92 Å². The minimum absolute atomic E-state index is 0.210. The number of ether oxygens (including phenoxy) is 1. The second-order valence-corrected chi connectivity index (χ2v) is 5.02. The van der Waals surface area contributed by atoms with E-state index in [1.54, 1.807) is 5.51 Å². The molecule has 16 heavy (non-hydrogen) atoms. The summed E-state index contributed by atoms with van der Waals surface area (Å²) in [6.45, 7) is 4.69. The summed E-state index contributed by atoms with van der Waals surface area (Å²) in [6.07, 6.45) is -0.544. The smallest absolute Gasteiger partial charge is 0.160 e. The molecule has 0 aliphatic carbocycles. The van der Waals surface area contributed by atoms with Gasteiger partial charge in [-0.1, -0.05) is 0 Å². The van der Waals surface area contributed by atoms with Crippen LogP contribution in [0.5, 0.6) is 0 Å². The van der Waals surface area contributed by atoms with Crippen molar-refractivity contribution in [3.05, 3.63) is 16.1 Å². The van der Waals surface area contributed by atoms with Gasteiger partial charge in [-0.3, -0.25) is 0 Å². The van der Waals surface area contributed by atoms with Crippen LogP contribution in [0.4, 0.5) is 0 Å². The molecule has 1 heterocycles. The van der Waals surface area contributed by atoms with Crippen molar-refractivity contribution in [1.29, 1.82) is 0 Å². The third-order valence-corrected chi connectivity index (χ3v) is 3.05. The Hall–Kier alpha value is -0.425. The molecule has 0 aliphatic rings. The SMILES string of the molecule is [B]C(CO)C(OC(C)(C)O)c1scnc1C. The number of aryl methyl sites for hydroxylation is 1. The third-order valence-electron chi connectivity index (χ3n) is 2.06. The second-order valence-electron chi connectivity index (χ2n) is 4.13. The van der Waals surface area contributed by atoms with Gasteiger partial charge in [0.2, 0.25) is 0 Å². The molecule has 6 heteroatoms. The Balaban J connectivity index is 2.93. The summed E-state index contributed by atoms with van der Waals surface area (Å²) in [4.78, 5) is 4.94. The van der Waals surface area contributed by atoms with Gasteiger partial charge in [0.1, 0.15) is 0 Å². The predicted molar refractivity (Wildman–Crippen MR) is 63.6 cm³/mol. The molecule has 0 saturated carbocycles. The molecule has 2 atom stereocenters. The predicted octanol–water partition coefficient (Wildman–Crippen LogP) is 1.19. The van der Waals surface area contributed by atoms with Crippen LogP contribution < -0.4 is 0 Å². The first-order valence-corrected chi connectivity index (χ1v) is 5.89. The summed E-state index contributed by atoms with van der Waals surface area (Å²) in [5.74, 6) is -1.88. The van der Waals surface area contributed by atoms with Crippen molar-refractivity contribution in [2.24, 2.45) is 0 Å². The summed E-state index contributed by atoms with van der Waals surface area (Å²) in [5.41, 5.74) is 2.50. The van der Waals surface area contributed by atoms with Crippen molar-refractivity contribution >= 4 is 19.2 Å². The van der Waals surface area contributed by atoms with Crippen molar-refractivity contribution in [2.75, 3.05) is 6.61 Å². The fourth-order valence-electron chi connectivity index (χ4n) is 1.33. The molecule has 1 aromatic heterocycles. The van der Waals surface area contributed by atoms with Crippen molar-refractivity contribution in [3.8, 4) is 0 Å². The van der Waals surface area contributed by atoms with E-state index in [9.17, 15) is 5.11 Å². The summed E-state index contributed by atoms with van der Waals surface area (Å²) >= 11 is 1.40. The third kappa shape index (κ3) is 3.55. The zero-order valence-corrected chi connectivity index (χ0v) is 10.5. The van der Waals surface area contributed by atoms with Crippen molar-refractivity contribution < 1.29 is 14.9 Å². The fourth-order valence-corrected chi connectivity index (χ4v) is 2.23. The number of aromatic nitrogens is 1. The highest BCUT2D eigenvalue weighted by molar-refractivity contribution is 7.09. The molecule has 2 radical (unpaired) electrons. The Kier molecular flexibility index (Phi) is 4.49. The highest BCUT2D eigenvalue weighted by Gasteiger charge is 2.28. The Morgan fingerprint density at radius 2 is 2.25 bits per heavy atom. The lowest BCUT2D eigenvalue weighted by Gasteiger charge is -2.29. The van der Waals surface area contributed by atoms with E-state index < -0.39 is 17.7 Å². The van der Waals surface area contributed by atoms with Gasteiger partial charge < -0.3 is 14.9 Å². The molecule has 0 bridgehead atoms. The molecule has 0 aromatic carbocycles. The maximum Gasteiger partial charge on any atom is 0.160 e. The first-order valence-electron chi connectivity index (χ1n) is 5.01. The first-order chi connectivity index (χ1) is 7.35. The number of rotatable bonds is 5. The van der Waals surface area contributed by atoms with Crippen LogP contribution in [0.2, 0.25) is 5.82 Å². The van der Waals surface area contributed by atoms with Crippen molar-refractivity contribution in [3.63, 3.8) is 0 Å². The van der Waals surface area contributed by atoms with E-state index in [1.165, 1.54) is 25.2 Å². The summed E-state index contributed by atoms with van der Waals surface area (Å²) in [5, 5.41) is 18.7. The number of nitrogens with zero attached hydrogens (tertiary/aromatic N) is 1. The quantitative estimate of drug-likeness (QED) is 0.600. The van der Waals surface area contributed by atoms with E-state index in [1.807, 2.05) is 6.92 Å². The molecule has 2 N–H and O–H groups in total. The molecule has 1 rings (SSSR count). The van der Waals surface area contributed by atoms with E-state index in [4.69, 9.17) is 17.7 Å². The number of hydrogen-bond acceptors (Lipinski definition) is 5. The standard InChI is InChI=1S/C10H16BNO3S/c1-6-9(16-5-12-6)8(7(11)4-13)15-10(2,3)14/h5,7-8,13-14H,4H2,1-3H3. The Morgan fingerprint density at radius 1 is 1.62 bits per heavy atom. The van der Waals surface area contributed by atoms with E-state index in [0.29, 0.717) is 0 Å². The molecule has 1 aromatic rings. The topological polar surface area (TPSA) is 62.6 Å². The van der Waals surface area contributed by atoms with Crippen molar-refractivity contribution in [1.82, 2.24) is 4.98 Å². The summed E-state index contributed by atoms with van der Waals surface area (Å²) in [7, 11) is 5.78. The van der Waals surface area contributed by atoms with E-state index in [2.05, 4.69) is 4.98 Å². The van der Waals surface area contributed by atoms with Gasteiger partial charge in [0.15, 0.2) is 5.79 Å².